The molecule has 1 aromatic rings. The highest BCUT2D eigenvalue weighted by molar-refractivity contribution is 9.10. The fourth-order valence-corrected chi connectivity index (χ4v) is 1.37. The van der Waals surface area contributed by atoms with E-state index in [-0.39, 0.29) is 18.5 Å². The van der Waals surface area contributed by atoms with E-state index in [0.29, 0.717) is 0 Å². The van der Waals surface area contributed by atoms with Gasteiger partial charge in [-0.25, -0.2) is 0 Å². The minimum atomic E-state index is -0.264. The van der Waals surface area contributed by atoms with Crippen LogP contribution >= 0.6 is 15.9 Å². The summed E-state index contributed by atoms with van der Waals surface area (Å²) in [6.45, 7) is 1.83. The first-order valence-corrected chi connectivity index (χ1v) is 5.40. The Morgan fingerprint density at radius 1 is 1.40 bits per heavy atom. The van der Waals surface area contributed by atoms with Gasteiger partial charge in [0, 0.05) is 4.47 Å². The van der Waals surface area contributed by atoms with E-state index in [0.717, 1.165) is 10.2 Å². The van der Waals surface area contributed by atoms with Gasteiger partial charge < -0.3 is 9.47 Å². The molecule has 4 heteroatoms. The van der Waals surface area contributed by atoms with Crippen molar-refractivity contribution >= 4 is 21.9 Å². The third-order valence-electron chi connectivity index (χ3n) is 1.83. The lowest BCUT2D eigenvalue weighted by Gasteiger charge is -2.13. The Morgan fingerprint density at radius 2 is 2.00 bits per heavy atom. The lowest BCUT2D eigenvalue weighted by atomic mass is 10.3. The quantitative estimate of drug-likeness (QED) is 0.791. The topological polar surface area (TPSA) is 35.5 Å². The summed E-state index contributed by atoms with van der Waals surface area (Å²) in [6, 6.07) is 7.47. The van der Waals surface area contributed by atoms with E-state index in [2.05, 4.69) is 20.7 Å². The van der Waals surface area contributed by atoms with Crippen molar-refractivity contribution in [1.29, 1.82) is 0 Å². The van der Waals surface area contributed by atoms with Crippen molar-refractivity contribution in [3.05, 3.63) is 28.7 Å². The summed E-state index contributed by atoms with van der Waals surface area (Å²) in [5.74, 6) is 0.481. The molecule has 0 bridgehead atoms. The third kappa shape index (κ3) is 4.34. The fraction of sp³-hybridized carbons (Fsp3) is 0.364. The van der Waals surface area contributed by atoms with Crippen LogP contribution in [-0.2, 0) is 9.53 Å². The van der Waals surface area contributed by atoms with Crippen molar-refractivity contribution in [3.63, 3.8) is 0 Å². The minimum absolute atomic E-state index is 0.182. The van der Waals surface area contributed by atoms with E-state index in [1.807, 2.05) is 31.2 Å². The average molecular weight is 273 g/mol. The smallest absolute Gasteiger partial charge is 0.309 e. The van der Waals surface area contributed by atoms with Crippen LogP contribution < -0.4 is 4.74 Å². The van der Waals surface area contributed by atoms with Gasteiger partial charge in [0.25, 0.3) is 0 Å². The van der Waals surface area contributed by atoms with Gasteiger partial charge in [0.05, 0.1) is 13.5 Å². The number of hydrogen-bond acceptors (Lipinski definition) is 3. The first kappa shape index (κ1) is 12.0. The Kier molecular flexibility index (Phi) is 4.62. The van der Waals surface area contributed by atoms with Crippen LogP contribution in [0.4, 0.5) is 0 Å². The molecule has 0 amide bonds. The highest BCUT2D eigenvalue weighted by Gasteiger charge is 2.10. The summed E-state index contributed by atoms with van der Waals surface area (Å²) < 4.78 is 11.1. The number of esters is 1. The standard InChI is InChI=1S/C11H13BrO3/c1-8(7-11(13)14-2)15-10-5-3-9(12)4-6-10/h3-6,8H,7H2,1-2H3. The molecule has 1 atom stereocenters. The van der Waals surface area contributed by atoms with Crippen LogP contribution in [0.3, 0.4) is 0 Å². The monoisotopic (exact) mass is 272 g/mol. The number of ether oxygens (including phenoxy) is 2. The molecule has 1 aromatic carbocycles. The maximum absolute atomic E-state index is 11.0. The van der Waals surface area contributed by atoms with E-state index >= 15 is 0 Å². The summed E-state index contributed by atoms with van der Waals surface area (Å²) in [5.41, 5.74) is 0. The van der Waals surface area contributed by atoms with Crippen molar-refractivity contribution in [2.75, 3.05) is 7.11 Å². The van der Waals surface area contributed by atoms with Gasteiger partial charge >= 0.3 is 5.97 Å². The highest BCUT2D eigenvalue weighted by atomic mass is 79.9. The number of benzene rings is 1. The molecular formula is C11H13BrO3. The summed E-state index contributed by atoms with van der Waals surface area (Å²) in [4.78, 5) is 11.0. The summed E-state index contributed by atoms with van der Waals surface area (Å²) >= 11 is 3.33. The molecule has 0 heterocycles. The van der Waals surface area contributed by atoms with Crippen molar-refractivity contribution < 1.29 is 14.3 Å². The van der Waals surface area contributed by atoms with Crippen LogP contribution in [-0.4, -0.2) is 19.2 Å². The van der Waals surface area contributed by atoms with Crippen LogP contribution in [0.1, 0.15) is 13.3 Å². The van der Waals surface area contributed by atoms with Gasteiger partial charge in [0.15, 0.2) is 0 Å². The molecule has 0 saturated carbocycles. The normalized spacial score (nSPS) is 11.9. The number of rotatable bonds is 4. The van der Waals surface area contributed by atoms with E-state index in [4.69, 9.17) is 4.74 Å². The second kappa shape index (κ2) is 5.75. The van der Waals surface area contributed by atoms with Crippen LogP contribution in [0.25, 0.3) is 0 Å². The molecule has 0 aromatic heterocycles. The molecule has 3 nitrogen and oxygen atoms in total. The molecule has 0 N–H and O–H groups in total. The van der Waals surface area contributed by atoms with Gasteiger partial charge in [0.1, 0.15) is 11.9 Å². The first-order valence-electron chi connectivity index (χ1n) is 4.61. The summed E-state index contributed by atoms with van der Waals surface area (Å²) in [5, 5.41) is 0. The van der Waals surface area contributed by atoms with Crippen molar-refractivity contribution in [2.45, 2.75) is 19.4 Å². The van der Waals surface area contributed by atoms with Gasteiger partial charge in [-0.3, -0.25) is 4.79 Å². The molecule has 15 heavy (non-hydrogen) atoms. The summed E-state index contributed by atoms with van der Waals surface area (Å²) in [6.07, 6.45) is 0.0747. The predicted molar refractivity (Wildman–Crippen MR) is 60.9 cm³/mol. The molecule has 0 fully saturated rings. The van der Waals surface area contributed by atoms with Crippen molar-refractivity contribution in [1.82, 2.24) is 0 Å². The molecule has 1 unspecified atom stereocenters. The second-order valence-electron chi connectivity index (χ2n) is 3.16. The molecule has 0 spiro atoms. The molecule has 0 saturated heterocycles. The van der Waals surface area contributed by atoms with E-state index in [9.17, 15) is 4.79 Å². The zero-order chi connectivity index (χ0) is 11.3. The Labute approximate surface area is 97.5 Å². The van der Waals surface area contributed by atoms with E-state index in [1.165, 1.54) is 7.11 Å². The molecule has 0 aliphatic carbocycles. The largest absolute Gasteiger partial charge is 0.490 e. The molecule has 82 valence electrons. The Hall–Kier alpha value is -1.03. The zero-order valence-corrected chi connectivity index (χ0v) is 10.3. The van der Waals surface area contributed by atoms with Gasteiger partial charge in [-0.2, -0.15) is 0 Å². The van der Waals surface area contributed by atoms with Crippen LogP contribution in [0.2, 0.25) is 0 Å². The fourth-order valence-electron chi connectivity index (χ4n) is 1.11. The van der Waals surface area contributed by atoms with Crippen molar-refractivity contribution in [3.8, 4) is 5.75 Å². The summed E-state index contributed by atoms with van der Waals surface area (Å²) in [7, 11) is 1.37. The maximum atomic E-state index is 11.0. The minimum Gasteiger partial charge on any atom is -0.490 e. The Balaban J connectivity index is 2.47. The number of carbonyl (C=O) groups excluding carboxylic acids is 1. The van der Waals surface area contributed by atoms with Gasteiger partial charge in [0.2, 0.25) is 0 Å². The van der Waals surface area contributed by atoms with Gasteiger partial charge in [-0.15, -0.1) is 0 Å². The number of hydrogen-bond donors (Lipinski definition) is 0. The maximum Gasteiger partial charge on any atom is 0.309 e. The number of methoxy groups -OCH3 is 1. The second-order valence-corrected chi connectivity index (χ2v) is 4.08. The SMILES string of the molecule is COC(=O)CC(C)Oc1ccc(Br)cc1. The Morgan fingerprint density at radius 3 is 2.53 bits per heavy atom. The van der Waals surface area contributed by atoms with Gasteiger partial charge in [-0.05, 0) is 31.2 Å². The highest BCUT2D eigenvalue weighted by Crippen LogP contribution is 2.17. The predicted octanol–water partition coefficient (Wildman–Crippen LogP) is 2.78. The average Bonchev–Trinajstić information content (AvgIpc) is 2.21. The molecular weight excluding hydrogens is 260 g/mol. The van der Waals surface area contributed by atoms with Gasteiger partial charge in [-0.1, -0.05) is 15.9 Å². The first-order chi connectivity index (χ1) is 7.11. The molecule has 0 radical (unpaired) electrons. The zero-order valence-electron chi connectivity index (χ0n) is 8.70. The van der Waals surface area contributed by atoms with Crippen molar-refractivity contribution in [2.24, 2.45) is 0 Å². The third-order valence-corrected chi connectivity index (χ3v) is 2.36. The van der Waals surface area contributed by atoms with E-state index < -0.39 is 0 Å². The van der Waals surface area contributed by atoms with Crippen LogP contribution in [0, 0.1) is 0 Å². The Bertz CT molecular complexity index is 321. The lowest BCUT2D eigenvalue weighted by molar-refractivity contribution is -0.142. The molecule has 0 aliphatic heterocycles. The van der Waals surface area contributed by atoms with E-state index in [1.54, 1.807) is 0 Å². The lowest BCUT2D eigenvalue weighted by Crippen LogP contribution is -2.17. The number of carbonyl (C=O) groups is 1. The molecule has 1 rings (SSSR count). The molecule has 0 aliphatic rings. The number of halogens is 1. The van der Waals surface area contributed by atoms with Crippen LogP contribution in [0.15, 0.2) is 28.7 Å². The van der Waals surface area contributed by atoms with Crippen LogP contribution in [0.5, 0.6) is 5.75 Å².